The molecule has 0 aliphatic rings. The molecular formula is C15H13F4NO2. The van der Waals surface area contributed by atoms with E-state index in [2.05, 4.69) is 4.74 Å². The minimum absolute atomic E-state index is 0.463. The van der Waals surface area contributed by atoms with Crippen LogP contribution >= 0.6 is 0 Å². The third-order valence-electron chi connectivity index (χ3n) is 3.31. The van der Waals surface area contributed by atoms with Gasteiger partial charge in [0.1, 0.15) is 0 Å². The van der Waals surface area contributed by atoms with E-state index >= 15 is 0 Å². The zero-order chi connectivity index (χ0) is 16.5. The van der Waals surface area contributed by atoms with Gasteiger partial charge in [-0.25, -0.2) is 0 Å². The topological polar surface area (TPSA) is 36.2 Å². The van der Waals surface area contributed by atoms with E-state index in [-0.39, 0.29) is 0 Å². The van der Waals surface area contributed by atoms with E-state index in [1.807, 2.05) is 0 Å². The number of rotatable bonds is 4. The van der Waals surface area contributed by atoms with Gasteiger partial charge in [-0.15, -0.1) is 0 Å². The summed E-state index contributed by atoms with van der Waals surface area (Å²) in [5, 5.41) is 11.5. The maximum Gasteiger partial charge on any atom is 0.423 e. The van der Waals surface area contributed by atoms with E-state index < -0.39 is 17.6 Å². The third-order valence-corrected chi connectivity index (χ3v) is 3.31. The number of methoxy groups -OCH3 is 1. The molecule has 0 bridgehead atoms. The summed E-state index contributed by atoms with van der Waals surface area (Å²) in [5.41, 5.74) is 0.565. The van der Waals surface area contributed by atoms with Crippen molar-refractivity contribution in [3.05, 3.63) is 59.1 Å². The van der Waals surface area contributed by atoms with Crippen LogP contribution < -0.4 is 4.73 Å². The Morgan fingerprint density at radius 2 is 1.50 bits per heavy atom. The Bertz CT molecular complexity index is 672. The van der Waals surface area contributed by atoms with Crippen LogP contribution in [-0.2, 0) is 10.7 Å². The largest absolute Gasteiger partial charge is 0.618 e. The van der Waals surface area contributed by atoms with Crippen LogP contribution in [0.4, 0.5) is 17.6 Å². The molecule has 1 aromatic heterocycles. The highest BCUT2D eigenvalue weighted by Gasteiger charge is 2.58. The van der Waals surface area contributed by atoms with Crippen LogP contribution in [-0.4, -0.2) is 13.2 Å². The average Bonchev–Trinajstić information content (AvgIpc) is 2.50. The summed E-state index contributed by atoms with van der Waals surface area (Å²) in [6, 6.07) is 7.48. The number of benzene rings is 1. The van der Waals surface area contributed by atoms with Gasteiger partial charge < -0.3 is 9.94 Å². The number of aryl methyl sites for hydroxylation is 1. The van der Waals surface area contributed by atoms with Gasteiger partial charge in [-0.1, -0.05) is 24.3 Å². The van der Waals surface area contributed by atoms with Gasteiger partial charge in [0.2, 0.25) is 0 Å². The molecule has 0 N–H and O–H groups in total. The number of ether oxygens (including phenoxy) is 1. The molecule has 0 aliphatic carbocycles. The van der Waals surface area contributed by atoms with Crippen molar-refractivity contribution in [3.63, 3.8) is 0 Å². The van der Waals surface area contributed by atoms with Crippen LogP contribution in [0.25, 0.3) is 11.1 Å². The predicted octanol–water partition coefficient (Wildman–Crippen LogP) is 3.63. The molecule has 22 heavy (non-hydrogen) atoms. The lowest BCUT2D eigenvalue weighted by Gasteiger charge is -2.25. The highest BCUT2D eigenvalue weighted by molar-refractivity contribution is 5.62. The Labute approximate surface area is 124 Å². The van der Waals surface area contributed by atoms with Crippen molar-refractivity contribution < 1.29 is 27.0 Å². The van der Waals surface area contributed by atoms with Crippen molar-refractivity contribution in [2.45, 2.75) is 19.0 Å². The molecule has 0 fully saturated rings. The molecule has 0 aliphatic heterocycles. The molecule has 0 atom stereocenters. The van der Waals surface area contributed by atoms with Crippen LogP contribution in [0.2, 0.25) is 0 Å². The van der Waals surface area contributed by atoms with Gasteiger partial charge in [0, 0.05) is 31.2 Å². The summed E-state index contributed by atoms with van der Waals surface area (Å²) in [5.74, 6) is -4.45. The number of pyridine rings is 1. The summed E-state index contributed by atoms with van der Waals surface area (Å²) in [6.07, 6.45) is -3.32. The van der Waals surface area contributed by atoms with Crippen molar-refractivity contribution in [2.75, 3.05) is 7.11 Å². The summed E-state index contributed by atoms with van der Waals surface area (Å²) in [7, 11) is 0.515. The Balaban J connectivity index is 2.36. The number of alkyl halides is 4. The summed E-state index contributed by atoms with van der Waals surface area (Å²) >= 11 is 0. The highest BCUT2D eigenvalue weighted by atomic mass is 19.3. The first-order valence-electron chi connectivity index (χ1n) is 6.30. The molecule has 118 valence electrons. The predicted molar refractivity (Wildman–Crippen MR) is 71.4 cm³/mol. The minimum Gasteiger partial charge on any atom is -0.618 e. The molecule has 2 rings (SSSR count). The lowest BCUT2D eigenvalue weighted by molar-refractivity contribution is -0.611. The zero-order valence-electron chi connectivity index (χ0n) is 11.8. The Kier molecular flexibility index (Phi) is 4.10. The molecular weight excluding hydrogens is 302 g/mol. The Morgan fingerprint density at radius 3 is 2.00 bits per heavy atom. The molecule has 0 saturated carbocycles. The number of hydrogen-bond donors (Lipinski definition) is 0. The lowest BCUT2D eigenvalue weighted by atomic mass is 10.0. The van der Waals surface area contributed by atoms with Crippen LogP contribution in [0, 0.1) is 12.1 Å². The van der Waals surface area contributed by atoms with E-state index in [9.17, 15) is 22.8 Å². The molecule has 0 saturated heterocycles. The van der Waals surface area contributed by atoms with Crippen LogP contribution in [0.1, 0.15) is 11.3 Å². The van der Waals surface area contributed by atoms with Gasteiger partial charge in [0.15, 0.2) is 11.9 Å². The van der Waals surface area contributed by atoms with Gasteiger partial charge >= 0.3 is 12.0 Å². The first-order chi connectivity index (χ1) is 10.2. The van der Waals surface area contributed by atoms with Crippen molar-refractivity contribution >= 4 is 0 Å². The standard InChI is InChI=1S/C15H13F4NO2/c1-10-3-4-12(9-20(10)21)11-5-7-13(8-6-11)14(16,17)15(18,19)22-2/h3-9H,1-2H3. The fourth-order valence-corrected chi connectivity index (χ4v) is 1.89. The SMILES string of the molecule is COC(F)(F)C(F)(F)c1ccc(-c2ccc(C)[n+]([O-])c2)cc1. The van der Waals surface area contributed by atoms with Gasteiger partial charge in [0.25, 0.3) is 0 Å². The van der Waals surface area contributed by atoms with Crippen molar-refractivity contribution in [1.29, 1.82) is 0 Å². The van der Waals surface area contributed by atoms with E-state index in [1.54, 1.807) is 19.1 Å². The minimum atomic E-state index is -4.60. The van der Waals surface area contributed by atoms with Crippen molar-refractivity contribution in [2.24, 2.45) is 0 Å². The second kappa shape index (κ2) is 5.57. The molecule has 0 radical (unpaired) electrons. The van der Waals surface area contributed by atoms with Gasteiger partial charge in [-0.3, -0.25) is 0 Å². The van der Waals surface area contributed by atoms with Crippen LogP contribution in [0.5, 0.6) is 0 Å². The molecule has 0 unspecified atom stereocenters. The number of halogens is 4. The third kappa shape index (κ3) is 2.76. The first kappa shape index (κ1) is 16.2. The fourth-order valence-electron chi connectivity index (χ4n) is 1.89. The summed E-state index contributed by atoms with van der Waals surface area (Å²) in [6.45, 7) is 1.62. The Morgan fingerprint density at radius 1 is 0.955 bits per heavy atom. The molecule has 2 aromatic rings. The maximum atomic E-state index is 13.7. The lowest BCUT2D eigenvalue weighted by Crippen LogP contribution is -2.39. The van der Waals surface area contributed by atoms with Gasteiger partial charge in [0.05, 0.1) is 0 Å². The molecule has 3 nitrogen and oxygen atoms in total. The van der Waals surface area contributed by atoms with E-state index in [0.717, 1.165) is 12.1 Å². The monoisotopic (exact) mass is 315 g/mol. The number of aromatic nitrogens is 1. The maximum absolute atomic E-state index is 13.7. The molecule has 7 heteroatoms. The quantitative estimate of drug-likeness (QED) is 0.491. The average molecular weight is 315 g/mol. The van der Waals surface area contributed by atoms with Gasteiger partial charge in [-0.05, 0) is 11.6 Å². The zero-order valence-corrected chi connectivity index (χ0v) is 11.8. The van der Waals surface area contributed by atoms with E-state index in [4.69, 9.17) is 0 Å². The van der Waals surface area contributed by atoms with E-state index in [1.165, 1.54) is 18.3 Å². The van der Waals surface area contributed by atoms with Crippen LogP contribution in [0.15, 0.2) is 42.6 Å². The van der Waals surface area contributed by atoms with E-state index in [0.29, 0.717) is 28.7 Å². The number of nitrogens with zero attached hydrogens (tertiary/aromatic N) is 1. The Hall–Kier alpha value is -2.15. The first-order valence-corrected chi connectivity index (χ1v) is 6.30. The van der Waals surface area contributed by atoms with Crippen molar-refractivity contribution in [3.8, 4) is 11.1 Å². The normalized spacial score (nSPS) is 12.5. The molecule has 0 spiro atoms. The van der Waals surface area contributed by atoms with Crippen LogP contribution in [0.3, 0.4) is 0 Å². The second-order valence-electron chi connectivity index (χ2n) is 4.76. The number of hydrogen-bond acceptors (Lipinski definition) is 2. The van der Waals surface area contributed by atoms with Gasteiger partial charge in [-0.2, -0.15) is 22.3 Å². The van der Waals surface area contributed by atoms with Crippen molar-refractivity contribution in [1.82, 2.24) is 0 Å². The summed E-state index contributed by atoms with van der Waals surface area (Å²) < 4.78 is 57.8. The molecule has 1 aromatic carbocycles. The fraction of sp³-hybridized carbons (Fsp3) is 0.267. The summed E-state index contributed by atoms with van der Waals surface area (Å²) in [4.78, 5) is 0. The second-order valence-corrected chi connectivity index (χ2v) is 4.76. The molecule has 1 heterocycles. The highest BCUT2D eigenvalue weighted by Crippen LogP contribution is 2.43. The smallest absolute Gasteiger partial charge is 0.423 e. The molecule has 0 amide bonds.